The van der Waals surface area contributed by atoms with Crippen LogP contribution in [0.25, 0.3) is 0 Å². The van der Waals surface area contributed by atoms with E-state index in [1.807, 2.05) is 23.5 Å². The summed E-state index contributed by atoms with van der Waals surface area (Å²) in [6, 6.07) is 0.205. The van der Waals surface area contributed by atoms with Crippen LogP contribution in [-0.2, 0) is 16.1 Å². The number of hydrogen-bond donors (Lipinski definition) is 0. The lowest BCUT2D eigenvalue weighted by molar-refractivity contribution is -0.150. The van der Waals surface area contributed by atoms with Crippen LogP contribution in [0.2, 0.25) is 0 Å². The van der Waals surface area contributed by atoms with Gasteiger partial charge in [-0.3, -0.25) is 9.69 Å². The van der Waals surface area contributed by atoms with E-state index in [1.165, 1.54) is 0 Å². The molecular weight excluding hydrogens is 238 g/mol. The van der Waals surface area contributed by atoms with Crippen molar-refractivity contribution in [2.75, 3.05) is 26.7 Å². The van der Waals surface area contributed by atoms with Gasteiger partial charge in [0.05, 0.1) is 18.7 Å². The molecule has 0 radical (unpaired) electrons. The van der Waals surface area contributed by atoms with Gasteiger partial charge in [0.1, 0.15) is 11.6 Å². The lowest BCUT2D eigenvalue weighted by Gasteiger charge is -2.33. The zero-order valence-electron chi connectivity index (χ0n) is 9.70. The molecule has 0 aliphatic carbocycles. The molecule has 1 aromatic heterocycles. The molecule has 2 saturated heterocycles. The predicted octanol–water partition coefficient (Wildman–Crippen LogP) is 0.184. The van der Waals surface area contributed by atoms with Gasteiger partial charge in [-0.1, -0.05) is 0 Å². The lowest BCUT2D eigenvalue weighted by Crippen LogP contribution is -2.51. The van der Waals surface area contributed by atoms with Crippen molar-refractivity contribution in [3.63, 3.8) is 0 Å². The molecule has 2 fully saturated rings. The quantitative estimate of drug-likeness (QED) is 0.754. The summed E-state index contributed by atoms with van der Waals surface area (Å²) in [5.74, 6) is 0.0855. The third-order valence-electron chi connectivity index (χ3n) is 3.47. The van der Waals surface area contributed by atoms with Crippen molar-refractivity contribution >= 4 is 17.2 Å². The van der Waals surface area contributed by atoms with Crippen molar-refractivity contribution in [3.8, 4) is 0 Å². The lowest BCUT2D eigenvalue weighted by atomic mass is 10.1. The molecule has 17 heavy (non-hydrogen) atoms. The van der Waals surface area contributed by atoms with E-state index in [0.29, 0.717) is 0 Å². The maximum Gasteiger partial charge on any atom is 0.248 e. The van der Waals surface area contributed by atoms with Gasteiger partial charge in [-0.2, -0.15) is 0 Å². The average molecular weight is 253 g/mol. The van der Waals surface area contributed by atoms with Gasteiger partial charge >= 0.3 is 0 Å². The number of aromatic nitrogens is 1. The van der Waals surface area contributed by atoms with Crippen LogP contribution >= 0.6 is 11.3 Å². The summed E-state index contributed by atoms with van der Waals surface area (Å²) in [5.41, 5.74) is 0. The first-order chi connectivity index (χ1) is 8.24. The zero-order chi connectivity index (χ0) is 11.8. The third kappa shape index (κ3) is 2.08. The number of rotatable bonds is 2. The Labute approximate surface area is 104 Å². The van der Waals surface area contributed by atoms with E-state index in [9.17, 15) is 4.79 Å². The maximum absolute atomic E-state index is 11.5. The minimum Gasteiger partial charge on any atom is -0.365 e. The van der Waals surface area contributed by atoms with Gasteiger partial charge in [0.15, 0.2) is 0 Å². The Morgan fingerprint density at radius 1 is 1.59 bits per heavy atom. The predicted molar refractivity (Wildman–Crippen MR) is 63.7 cm³/mol. The number of likely N-dealkylation sites (N-methyl/N-ethyl adjacent to an activating group) is 1. The first-order valence-electron chi connectivity index (χ1n) is 5.72. The van der Waals surface area contributed by atoms with Crippen LogP contribution in [0.4, 0.5) is 0 Å². The van der Waals surface area contributed by atoms with Gasteiger partial charge in [0.2, 0.25) is 5.91 Å². The molecule has 1 aromatic rings. The molecule has 0 bridgehead atoms. The SMILES string of the molecule is CN1C(=O)CO[C@H]2CN(Cc3nccs3)C[C@@H]21. The fourth-order valence-electron chi connectivity index (χ4n) is 2.48. The Bertz CT molecular complexity index is 409. The van der Waals surface area contributed by atoms with Gasteiger partial charge in [0.25, 0.3) is 0 Å². The van der Waals surface area contributed by atoms with E-state index in [-0.39, 0.29) is 24.7 Å². The van der Waals surface area contributed by atoms with Crippen molar-refractivity contribution in [1.82, 2.24) is 14.8 Å². The maximum atomic E-state index is 11.5. The second kappa shape index (κ2) is 4.36. The number of fused-ring (bicyclic) bond motifs is 1. The normalized spacial score (nSPS) is 29.7. The van der Waals surface area contributed by atoms with Crippen molar-refractivity contribution in [1.29, 1.82) is 0 Å². The summed E-state index contributed by atoms with van der Waals surface area (Å²) in [7, 11) is 1.87. The second-order valence-corrected chi connectivity index (χ2v) is 5.52. The summed E-state index contributed by atoms with van der Waals surface area (Å²) in [6.45, 7) is 2.85. The highest BCUT2D eigenvalue weighted by molar-refractivity contribution is 7.09. The second-order valence-electron chi connectivity index (χ2n) is 4.54. The molecular formula is C11H15N3O2S. The van der Waals surface area contributed by atoms with Crippen LogP contribution in [0.15, 0.2) is 11.6 Å². The monoisotopic (exact) mass is 253 g/mol. The highest BCUT2D eigenvalue weighted by Gasteiger charge is 2.41. The van der Waals surface area contributed by atoms with E-state index in [4.69, 9.17) is 4.74 Å². The van der Waals surface area contributed by atoms with E-state index in [2.05, 4.69) is 9.88 Å². The summed E-state index contributed by atoms with van der Waals surface area (Å²) >= 11 is 1.67. The average Bonchev–Trinajstić information content (AvgIpc) is 2.93. The largest absolute Gasteiger partial charge is 0.365 e. The molecule has 2 atom stereocenters. The van der Waals surface area contributed by atoms with Crippen molar-refractivity contribution in [3.05, 3.63) is 16.6 Å². The Morgan fingerprint density at radius 3 is 3.24 bits per heavy atom. The number of carbonyl (C=O) groups excluding carboxylic acids is 1. The fourth-order valence-corrected chi connectivity index (χ4v) is 3.14. The van der Waals surface area contributed by atoms with Crippen LogP contribution < -0.4 is 0 Å². The molecule has 1 amide bonds. The molecule has 0 spiro atoms. The van der Waals surface area contributed by atoms with E-state index >= 15 is 0 Å². The Morgan fingerprint density at radius 2 is 2.47 bits per heavy atom. The number of hydrogen-bond acceptors (Lipinski definition) is 5. The summed E-state index contributed by atoms with van der Waals surface area (Å²) in [6.07, 6.45) is 1.99. The Kier molecular flexibility index (Phi) is 2.85. The van der Waals surface area contributed by atoms with Crippen LogP contribution in [0, 0.1) is 0 Å². The minimum atomic E-state index is 0.0855. The number of likely N-dealkylation sites (tertiary alicyclic amines) is 1. The van der Waals surface area contributed by atoms with Crippen LogP contribution in [0.3, 0.4) is 0 Å². The van der Waals surface area contributed by atoms with Gasteiger partial charge in [-0.15, -0.1) is 11.3 Å². The standard InChI is InChI=1S/C11H15N3O2S/c1-13-8-4-14(6-10-12-2-3-17-10)5-9(8)16-7-11(13)15/h2-3,8-9H,4-7H2,1H3/t8-,9-/m0/s1. The zero-order valence-corrected chi connectivity index (χ0v) is 10.5. The molecule has 6 heteroatoms. The van der Waals surface area contributed by atoms with E-state index in [0.717, 1.165) is 24.6 Å². The molecule has 2 aliphatic heterocycles. The number of morpholine rings is 1. The number of thiazole rings is 1. The molecule has 2 aliphatic rings. The third-order valence-corrected chi connectivity index (χ3v) is 4.23. The number of amides is 1. The number of ether oxygens (including phenoxy) is 1. The molecule has 5 nitrogen and oxygen atoms in total. The van der Waals surface area contributed by atoms with E-state index in [1.54, 1.807) is 11.3 Å². The van der Waals surface area contributed by atoms with Crippen LogP contribution in [0.5, 0.6) is 0 Å². The molecule has 0 N–H and O–H groups in total. The first-order valence-corrected chi connectivity index (χ1v) is 6.60. The molecule has 0 aromatic carbocycles. The smallest absolute Gasteiger partial charge is 0.248 e. The fraction of sp³-hybridized carbons (Fsp3) is 0.636. The number of carbonyl (C=O) groups is 1. The Balaban J connectivity index is 1.66. The summed E-state index contributed by atoms with van der Waals surface area (Å²) in [5, 5.41) is 3.11. The van der Waals surface area contributed by atoms with Gasteiger partial charge < -0.3 is 9.64 Å². The molecule has 0 saturated carbocycles. The topological polar surface area (TPSA) is 45.7 Å². The van der Waals surface area contributed by atoms with Crippen LogP contribution in [-0.4, -0.2) is 59.6 Å². The molecule has 0 unspecified atom stereocenters. The van der Waals surface area contributed by atoms with Gasteiger partial charge in [-0.05, 0) is 0 Å². The highest BCUT2D eigenvalue weighted by atomic mass is 32.1. The minimum absolute atomic E-state index is 0.0855. The first kappa shape index (κ1) is 11.1. The molecule has 3 rings (SSSR count). The molecule has 92 valence electrons. The highest BCUT2D eigenvalue weighted by Crippen LogP contribution is 2.23. The Hall–Kier alpha value is -0.980. The summed E-state index contributed by atoms with van der Waals surface area (Å²) in [4.78, 5) is 20.0. The van der Waals surface area contributed by atoms with Crippen molar-refractivity contribution in [2.24, 2.45) is 0 Å². The molecule has 3 heterocycles. The summed E-state index contributed by atoms with van der Waals surface area (Å²) < 4.78 is 5.58. The van der Waals surface area contributed by atoms with Crippen molar-refractivity contribution in [2.45, 2.75) is 18.7 Å². The number of nitrogens with zero attached hydrogens (tertiary/aromatic N) is 3. The van der Waals surface area contributed by atoms with Crippen molar-refractivity contribution < 1.29 is 9.53 Å². The van der Waals surface area contributed by atoms with Gasteiger partial charge in [0, 0.05) is 31.7 Å². The van der Waals surface area contributed by atoms with E-state index < -0.39 is 0 Å². The van der Waals surface area contributed by atoms with Gasteiger partial charge in [-0.25, -0.2) is 4.98 Å². The van der Waals surface area contributed by atoms with Crippen LogP contribution in [0.1, 0.15) is 5.01 Å².